The molecule has 0 aromatic heterocycles. The van der Waals surface area contributed by atoms with E-state index in [0.717, 1.165) is 24.6 Å². The summed E-state index contributed by atoms with van der Waals surface area (Å²) in [6.45, 7) is 2.79. The van der Waals surface area contributed by atoms with Crippen LogP contribution in [0, 0.1) is 11.6 Å². The minimum Gasteiger partial charge on any atom is -0.497 e. The molecule has 0 saturated heterocycles. The van der Waals surface area contributed by atoms with Gasteiger partial charge in [0, 0.05) is 6.07 Å². The molecular formula is C17H19F2NO. The highest BCUT2D eigenvalue weighted by molar-refractivity contribution is 5.37. The molecule has 0 saturated carbocycles. The Kier molecular flexibility index (Phi) is 5.28. The molecule has 0 bridgehead atoms. The zero-order valence-electron chi connectivity index (χ0n) is 12.2. The van der Waals surface area contributed by atoms with Gasteiger partial charge in [-0.1, -0.05) is 19.1 Å². The highest BCUT2D eigenvalue weighted by Gasteiger charge is 2.16. The summed E-state index contributed by atoms with van der Waals surface area (Å²) in [5, 5.41) is 3.32. The molecule has 2 aromatic rings. The molecule has 0 radical (unpaired) electrons. The first-order valence-corrected chi connectivity index (χ1v) is 6.97. The van der Waals surface area contributed by atoms with E-state index < -0.39 is 11.6 Å². The lowest BCUT2D eigenvalue weighted by Crippen LogP contribution is -2.23. The van der Waals surface area contributed by atoms with Crippen LogP contribution in [0.4, 0.5) is 8.78 Å². The number of methoxy groups -OCH3 is 1. The first-order chi connectivity index (χ1) is 10.1. The lowest BCUT2D eigenvalue weighted by atomic mass is 9.98. The van der Waals surface area contributed by atoms with Crippen molar-refractivity contribution >= 4 is 0 Å². The van der Waals surface area contributed by atoms with Crippen molar-refractivity contribution in [3.63, 3.8) is 0 Å². The summed E-state index contributed by atoms with van der Waals surface area (Å²) in [4.78, 5) is 0. The Bertz CT molecular complexity index is 581. The quantitative estimate of drug-likeness (QED) is 0.866. The topological polar surface area (TPSA) is 21.3 Å². The zero-order chi connectivity index (χ0) is 15.2. The smallest absolute Gasteiger partial charge is 0.126 e. The van der Waals surface area contributed by atoms with Crippen molar-refractivity contribution in [2.45, 2.75) is 19.4 Å². The van der Waals surface area contributed by atoms with E-state index in [9.17, 15) is 8.78 Å². The molecule has 0 aliphatic rings. The standard InChI is InChI=1S/C17H19F2NO/c1-3-7-20-17(12-5-4-6-16(10-12)21-2)13-8-14(18)11-15(19)9-13/h4-6,8-11,17,20H,3,7H2,1-2H3. The van der Waals surface area contributed by atoms with E-state index in [1.807, 2.05) is 31.2 Å². The van der Waals surface area contributed by atoms with Crippen molar-refractivity contribution in [3.05, 3.63) is 65.2 Å². The number of hydrogen-bond donors (Lipinski definition) is 1. The lowest BCUT2D eigenvalue weighted by Gasteiger charge is -2.20. The minimum atomic E-state index is -0.573. The van der Waals surface area contributed by atoms with E-state index in [2.05, 4.69) is 5.32 Å². The second-order valence-electron chi connectivity index (χ2n) is 4.87. The predicted octanol–water partition coefficient (Wildman–Crippen LogP) is 4.06. The van der Waals surface area contributed by atoms with Gasteiger partial charge in [0.2, 0.25) is 0 Å². The third-order valence-electron chi connectivity index (χ3n) is 3.24. The van der Waals surface area contributed by atoms with Crippen LogP contribution >= 0.6 is 0 Å². The van der Waals surface area contributed by atoms with Crippen molar-refractivity contribution in [2.75, 3.05) is 13.7 Å². The maximum Gasteiger partial charge on any atom is 0.126 e. The molecule has 0 amide bonds. The van der Waals surface area contributed by atoms with Crippen molar-refractivity contribution in [1.29, 1.82) is 0 Å². The van der Waals surface area contributed by atoms with E-state index in [-0.39, 0.29) is 6.04 Å². The Hall–Kier alpha value is -1.94. The van der Waals surface area contributed by atoms with Crippen LogP contribution in [0.25, 0.3) is 0 Å². The molecule has 0 aliphatic carbocycles. The van der Waals surface area contributed by atoms with Crippen molar-refractivity contribution in [2.24, 2.45) is 0 Å². The third-order valence-corrected chi connectivity index (χ3v) is 3.24. The van der Waals surface area contributed by atoms with Gasteiger partial charge in [-0.2, -0.15) is 0 Å². The lowest BCUT2D eigenvalue weighted by molar-refractivity contribution is 0.413. The van der Waals surface area contributed by atoms with Gasteiger partial charge in [-0.3, -0.25) is 0 Å². The van der Waals surface area contributed by atoms with E-state index in [1.165, 1.54) is 12.1 Å². The molecular weight excluding hydrogens is 272 g/mol. The van der Waals surface area contributed by atoms with Crippen LogP contribution in [0.1, 0.15) is 30.5 Å². The number of halogens is 2. The van der Waals surface area contributed by atoms with E-state index in [0.29, 0.717) is 11.3 Å². The Morgan fingerprint density at radius 2 is 1.76 bits per heavy atom. The molecule has 0 heterocycles. The van der Waals surface area contributed by atoms with E-state index in [1.54, 1.807) is 7.11 Å². The van der Waals surface area contributed by atoms with Gasteiger partial charge in [0.05, 0.1) is 13.2 Å². The molecule has 2 aromatic carbocycles. The molecule has 1 N–H and O–H groups in total. The molecule has 2 nitrogen and oxygen atoms in total. The normalized spacial score (nSPS) is 12.2. The van der Waals surface area contributed by atoms with Crippen molar-refractivity contribution in [1.82, 2.24) is 5.32 Å². The molecule has 112 valence electrons. The molecule has 0 aliphatic heterocycles. The van der Waals surface area contributed by atoms with E-state index in [4.69, 9.17) is 4.74 Å². The molecule has 0 fully saturated rings. The first-order valence-electron chi connectivity index (χ1n) is 6.97. The van der Waals surface area contributed by atoms with Gasteiger partial charge in [0.1, 0.15) is 17.4 Å². The van der Waals surface area contributed by atoms with Crippen LogP contribution < -0.4 is 10.1 Å². The Morgan fingerprint density at radius 3 is 2.38 bits per heavy atom. The molecule has 0 spiro atoms. The maximum absolute atomic E-state index is 13.5. The second-order valence-corrected chi connectivity index (χ2v) is 4.87. The largest absolute Gasteiger partial charge is 0.497 e. The van der Waals surface area contributed by atoms with Crippen molar-refractivity contribution < 1.29 is 13.5 Å². The molecule has 4 heteroatoms. The maximum atomic E-state index is 13.5. The molecule has 1 atom stereocenters. The first kappa shape index (κ1) is 15.4. The number of rotatable bonds is 6. The van der Waals surface area contributed by atoms with E-state index >= 15 is 0 Å². The highest BCUT2D eigenvalue weighted by Crippen LogP contribution is 2.26. The van der Waals surface area contributed by atoms with Gasteiger partial charge in [-0.05, 0) is 48.4 Å². The average molecular weight is 291 g/mol. The summed E-state index contributed by atoms with van der Waals surface area (Å²) in [6.07, 6.45) is 0.929. The van der Waals surface area contributed by atoms with Gasteiger partial charge in [0.15, 0.2) is 0 Å². The van der Waals surface area contributed by atoms with Crippen LogP contribution in [0.5, 0.6) is 5.75 Å². The number of hydrogen-bond acceptors (Lipinski definition) is 2. The van der Waals surface area contributed by atoms with Crippen LogP contribution in [0.15, 0.2) is 42.5 Å². The Morgan fingerprint density at radius 1 is 1.05 bits per heavy atom. The van der Waals surface area contributed by atoms with Crippen molar-refractivity contribution in [3.8, 4) is 5.75 Å². The third kappa shape index (κ3) is 4.02. The number of nitrogens with one attached hydrogen (secondary N) is 1. The van der Waals surface area contributed by atoms with Gasteiger partial charge < -0.3 is 10.1 Å². The number of benzene rings is 2. The summed E-state index contributed by atoms with van der Waals surface area (Å²) in [7, 11) is 1.59. The monoisotopic (exact) mass is 291 g/mol. The molecule has 1 unspecified atom stereocenters. The zero-order valence-corrected chi connectivity index (χ0v) is 12.2. The Balaban J connectivity index is 2.41. The summed E-state index contributed by atoms with van der Waals surface area (Å²) in [5.74, 6) is -0.430. The fraction of sp³-hybridized carbons (Fsp3) is 0.294. The van der Waals surface area contributed by atoms with Crippen LogP contribution in [0.2, 0.25) is 0 Å². The summed E-state index contributed by atoms with van der Waals surface area (Å²) in [5.41, 5.74) is 1.47. The summed E-state index contributed by atoms with van der Waals surface area (Å²) in [6, 6.07) is 10.8. The predicted molar refractivity (Wildman–Crippen MR) is 79.5 cm³/mol. The number of ether oxygens (including phenoxy) is 1. The van der Waals surface area contributed by atoms with Gasteiger partial charge in [-0.15, -0.1) is 0 Å². The summed E-state index contributed by atoms with van der Waals surface area (Å²) < 4.78 is 32.2. The fourth-order valence-corrected chi connectivity index (χ4v) is 2.28. The molecule has 2 rings (SSSR count). The van der Waals surface area contributed by atoms with Gasteiger partial charge in [0.25, 0.3) is 0 Å². The SMILES string of the molecule is CCCNC(c1cc(F)cc(F)c1)c1cccc(OC)c1. The minimum absolute atomic E-state index is 0.273. The Labute approximate surface area is 123 Å². The van der Waals surface area contributed by atoms with Gasteiger partial charge >= 0.3 is 0 Å². The second kappa shape index (κ2) is 7.18. The highest BCUT2D eigenvalue weighted by atomic mass is 19.1. The molecule has 21 heavy (non-hydrogen) atoms. The van der Waals surface area contributed by atoms with Crippen LogP contribution in [0.3, 0.4) is 0 Å². The fourth-order valence-electron chi connectivity index (χ4n) is 2.28. The summed E-state index contributed by atoms with van der Waals surface area (Å²) >= 11 is 0. The average Bonchev–Trinajstić information content (AvgIpc) is 2.47. The van der Waals surface area contributed by atoms with Gasteiger partial charge in [-0.25, -0.2) is 8.78 Å². The van der Waals surface area contributed by atoms with Crippen LogP contribution in [-0.2, 0) is 0 Å². The van der Waals surface area contributed by atoms with Crippen LogP contribution in [-0.4, -0.2) is 13.7 Å².